The standard InChI is InChI=1S/C19H27O9P/c1-19(23,12-11-16-9-7-10-18(22)27-16)17(28-29(24,25)26)14-15(21)8-5-3-2-4-6-13-20/h2-8,10-12,15-17,20-21,23H,9,13-14H2,1H3,(H2,24,25,26)/b3-2+,6-4+,8-5+,12-11?/t15-,16+,17+,19+/m0/s1. The van der Waals surface area contributed by atoms with Crippen LogP contribution in [0.1, 0.15) is 19.8 Å². The van der Waals surface area contributed by atoms with Crippen molar-refractivity contribution >= 4 is 13.8 Å². The van der Waals surface area contributed by atoms with E-state index in [1.807, 2.05) is 0 Å². The molecule has 1 aliphatic rings. The number of hydrogen-bond acceptors (Lipinski definition) is 7. The van der Waals surface area contributed by atoms with Gasteiger partial charge in [0, 0.05) is 18.9 Å². The van der Waals surface area contributed by atoms with Gasteiger partial charge in [0.05, 0.1) is 12.7 Å². The van der Waals surface area contributed by atoms with E-state index >= 15 is 0 Å². The zero-order chi connectivity index (χ0) is 21.9. The molecule has 10 heteroatoms. The molecule has 0 aromatic rings. The molecule has 4 atom stereocenters. The Morgan fingerprint density at radius 1 is 1.34 bits per heavy atom. The fraction of sp³-hybridized carbons (Fsp3) is 0.421. The minimum atomic E-state index is -4.96. The molecular weight excluding hydrogens is 403 g/mol. The average molecular weight is 430 g/mol. The molecule has 5 N–H and O–H groups in total. The zero-order valence-corrected chi connectivity index (χ0v) is 16.8. The molecule has 162 valence electrons. The van der Waals surface area contributed by atoms with Gasteiger partial charge >= 0.3 is 13.8 Å². The largest absolute Gasteiger partial charge is 0.469 e. The highest BCUT2D eigenvalue weighted by atomic mass is 31.2. The van der Waals surface area contributed by atoms with Gasteiger partial charge in [-0.15, -0.1) is 0 Å². The molecule has 0 spiro atoms. The smallest absolute Gasteiger partial charge is 0.455 e. The van der Waals surface area contributed by atoms with Crippen molar-refractivity contribution in [2.24, 2.45) is 0 Å². The molecule has 0 aromatic carbocycles. The summed E-state index contributed by atoms with van der Waals surface area (Å²) in [6.07, 6.45) is 11.5. The molecule has 0 fully saturated rings. The molecule has 0 aliphatic carbocycles. The van der Waals surface area contributed by atoms with E-state index in [-0.39, 0.29) is 13.0 Å². The lowest BCUT2D eigenvalue weighted by atomic mass is 9.93. The second-order valence-electron chi connectivity index (χ2n) is 6.47. The molecular formula is C19H27O9P. The molecule has 0 unspecified atom stereocenters. The normalized spacial score (nSPS) is 22.6. The lowest BCUT2D eigenvalue weighted by molar-refractivity contribution is -0.141. The van der Waals surface area contributed by atoms with Gasteiger partial charge in [-0.1, -0.05) is 48.6 Å². The third kappa shape index (κ3) is 11.1. The number of carbonyl (C=O) groups is 1. The molecule has 0 amide bonds. The first-order valence-electron chi connectivity index (χ1n) is 8.85. The first kappa shape index (κ1) is 25.2. The quantitative estimate of drug-likeness (QED) is 0.140. The fourth-order valence-electron chi connectivity index (χ4n) is 2.37. The van der Waals surface area contributed by atoms with Crippen molar-refractivity contribution in [2.45, 2.75) is 43.7 Å². The van der Waals surface area contributed by atoms with Gasteiger partial charge < -0.3 is 29.8 Å². The van der Waals surface area contributed by atoms with E-state index in [0.717, 1.165) is 0 Å². The number of hydrogen-bond donors (Lipinski definition) is 5. The Morgan fingerprint density at radius 3 is 2.66 bits per heavy atom. The second-order valence-corrected chi connectivity index (χ2v) is 7.66. The minimum Gasteiger partial charge on any atom is -0.455 e. The zero-order valence-electron chi connectivity index (χ0n) is 15.9. The fourth-order valence-corrected chi connectivity index (χ4v) is 3.01. The summed E-state index contributed by atoms with van der Waals surface area (Å²) in [7, 11) is -4.96. The van der Waals surface area contributed by atoms with Crippen LogP contribution in [0.4, 0.5) is 0 Å². The van der Waals surface area contributed by atoms with Crippen LogP contribution in [0.5, 0.6) is 0 Å². The Labute approximate surface area is 169 Å². The summed E-state index contributed by atoms with van der Waals surface area (Å²) in [5, 5.41) is 29.4. The van der Waals surface area contributed by atoms with Gasteiger partial charge in [0.1, 0.15) is 17.8 Å². The van der Waals surface area contributed by atoms with Gasteiger partial charge in [0.2, 0.25) is 0 Å². The van der Waals surface area contributed by atoms with Crippen LogP contribution in [0.2, 0.25) is 0 Å². The Hall–Kier alpha value is -1.84. The van der Waals surface area contributed by atoms with Crippen molar-refractivity contribution in [3.05, 3.63) is 60.8 Å². The summed E-state index contributed by atoms with van der Waals surface area (Å²) >= 11 is 0. The van der Waals surface area contributed by atoms with Crippen molar-refractivity contribution in [2.75, 3.05) is 6.61 Å². The summed E-state index contributed by atoms with van der Waals surface area (Å²) in [4.78, 5) is 29.6. The highest BCUT2D eigenvalue weighted by Gasteiger charge is 2.37. The van der Waals surface area contributed by atoms with Crippen molar-refractivity contribution in [1.82, 2.24) is 0 Å². The van der Waals surface area contributed by atoms with E-state index in [1.165, 1.54) is 43.4 Å². The molecule has 0 saturated heterocycles. The Kier molecular flexibility index (Phi) is 10.4. The lowest BCUT2D eigenvalue weighted by Gasteiger charge is -2.31. The van der Waals surface area contributed by atoms with E-state index < -0.39 is 37.7 Å². The van der Waals surface area contributed by atoms with Crippen LogP contribution in [0.3, 0.4) is 0 Å². The molecule has 0 saturated carbocycles. The van der Waals surface area contributed by atoms with Crippen LogP contribution < -0.4 is 0 Å². The van der Waals surface area contributed by atoms with E-state index in [0.29, 0.717) is 6.42 Å². The molecule has 0 bridgehead atoms. The number of ether oxygens (including phenoxy) is 1. The molecule has 1 heterocycles. The first-order chi connectivity index (χ1) is 13.5. The average Bonchev–Trinajstić information content (AvgIpc) is 2.61. The predicted molar refractivity (Wildman–Crippen MR) is 105 cm³/mol. The number of esters is 1. The Bertz CT molecular complexity index is 715. The van der Waals surface area contributed by atoms with Crippen LogP contribution in [0.25, 0.3) is 0 Å². The van der Waals surface area contributed by atoms with Crippen LogP contribution in [-0.4, -0.2) is 61.6 Å². The summed E-state index contributed by atoms with van der Waals surface area (Å²) in [6.45, 7) is 1.16. The topological polar surface area (TPSA) is 154 Å². The number of rotatable bonds is 11. The highest BCUT2D eigenvalue weighted by Crippen LogP contribution is 2.41. The maximum atomic E-state index is 11.3. The second kappa shape index (κ2) is 12.0. The SMILES string of the molecule is C[C@@](O)(C=C[C@H]1CC=CC(=O)O1)[C@@H](C[C@@H](O)/C=C/C=C/C=C/CO)OP(=O)(O)O. The minimum absolute atomic E-state index is 0.100. The maximum Gasteiger partial charge on any atom is 0.469 e. The van der Waals surface area contributed by atoms with Crippen LogP contribution in [0.15, 0.2) is 60.8 Å². The van der Waals surface area contributed by atoms with E-state index in [1.54, 1.807) is 24.3 Å². The third-order valence-corrected chi connectivity index (χ3v) is 4.35. The van der Waals surface area contributed by atoms with Crippen molar-refractivity contribution in [1.29, 1.82) is 0 Å². The summed E-state index contributed by atoms with van der Waals surface area (Å²) < 4.78 is 21.0. The summed E-state index contributed by atoms with van der Waals surface area (Å²) in [6, 6.07) is 0. The van der Waals surface area contributed by atoms with E-state index in [2.05, 4.69) is 4.52 Å². The number of aliphatic hydroxyl groups excluding tert-OH is 2. The summed E-state index contributed by atoms with van der Waals surface area (Å²) in [5.41, 5.74) is -1.87. The van der Waals surface area contributed by atoms with Crippen molar-refractivity contribution in [3.63, 3.8) is 0 Å². The molecule has 1 aliphatic heterocycles. The third-order valence-electron chi connectivity index (χ3n) is 3.82. The van der Waals surface area contributed by atoms with Crippen LogP contribution in [0, 0.1) is 0 Å². The number of phosphoric acid groups is 1. The monoisotopic (exact) mass is 430 g/mol. The Balaban J connectivity index is 2.84. The van der Waals surface area contributed by atoms with Crippen molar-refractivity contribution in [3.8, 4) is 0 Å². The molecule has 0 aromatic heterocycles. The summed E-state index contributed by atoms with van der Waals surface area (Å²) in [5.74, 6) is -0.531. The first-order valence-corrected chi connectivity index (χ1v) is 10.4. The van der Waals surface area contributed by atoms with Crippen molar-refractivity contribution < 1.29 is 43.7 Å². The maximum absolute atomic E-state index is 11.3. The number of aliphatic hydroxyl groups is 3. The molecule has 29 heavy (non-hydrogen) atoms. The molecule has 0 radical (unpaired) electrons. The van der Waals surface area contributed by atoms with E-state index in [4.69, 9.17) is 19.6 Å². The van der Waals surface area contributed by atoms with Crippen LogP contribution in [-0.2, 0) is 18.6 Å². The predicted octanol–water partition coefficient (Wildman–Crippen LogP) is 1.06. The molecule has 9 nitrogen and oxygen atoms in total. The van der Waals surface area contributed by atoms with Gasteiger partial charge in [0.25, 0.3) is 0 Å². The van der Waals surface area contributed by atoms with E-state index in [9.17, 15) is 19.6 Å². The molecule has 1 rings (SSSR count). The number of carbonyl (C=O) groups excluding carboxylic acids is 1. The Morgan fingerprint density at radius 2 is 2.03 bits per heavy atom. The van der Waals surface area contributed by atoms with Crippen LogP contribution >= 0.6 is 7.82 Å². The van der Waals surface area contributed by atoms with Gasteiger partial charge in [-0.2, -0.15) is 0 Å². The number of cyclic esters (lactones) is 1. The lowest BCUT2D eigenvalue weighted by Crippen LogP contribution is -2.41. The van der Waals surface area contributed by atoms with Gasteiger partial charge in [-0.05, 0) is 13.0 Å². The highest BCUT2D eigenvalue weighted by molar-refractivity contribution is 7.46. The van der Waals surface area contributed by atoms with Gasteiger partial charge in [0.15, 0.2) is 0 Å². The van der Waals surface area contributed by atoms with Gasteiger partial charge in [-0.25, -0.2) is 9.36 Å². The number of allylic oxidation sites excluding steroid dienone is 4. The van der Waals surface area contributed by atoms with Gasteiger partial charge in [-0.3, -0.25) is 4.52 Å². The number of phosphoric ester groups is 1.